The number of benzene rings is 1. The molecule has 0 spiro atoms. The second-order valence-corrected chi connectivity index (χ2v) is 7.23. The number of nitrogens with zero attached hydrogens (tertiary/aromatic N) is 4. The van der Waals surface area contributed by atoms with E-state index in [2.05, 4.69) is 20.4 Å². The number of aryl methyl sites for hydroxylation is 4. The first kappa shape index (κ1) is 18.9. The van der Waals surface area contributed by atoms with Crippen molar-refractivity contribution in [2.45, 2.75) is 27.2 Å². The fourth-order valence-corrected chi connectivity index (χ4v) is 3.40. The Bertz CT molecular complexity index is 1190. The van der Waals surface area contributed by atoms with Gasteiger partial charge in [0.25, 0.3) is 5.91 Å². The predicted molar refractivity (Wildman–Crippen MR) is 111 cm³/mol. The maximum absolute atomic E-state index is 12.8. The van der Waals surface area contributed by atoms with Crippen LogP contribution in [0.3, 0.4) is 0 Å². The van der Waals surface area contributed by atoms with E-state index >= 15 is 0 Å². The molecule has 0 aliphatic carbocycles. The van der Waals surface area contributed by atoms with Crippen LogP contribution in [0.4, 0.5) is 0 Å². The van der Waals surface area contributed by atoms with Gasteiger partial charge in [-0.1, -0.05) is 17.7 Å². The van der Waals surface area contributed by atoms with Gasteiger partial charge in [0.05, 0.1) is 22.3 Å². The summed E-state index contributed by atoms with van der Waals surface area (Å²) in [5, 5.41) is 8.16. The Kier molecular flexibility index (Phi) is 4.88. The zero-order valence-corrected chi connectivity index (χ0v) is 17.0. The molecule has 7 heteroatoms. The number of pyridine rings is 1. The van der Waals surface area contributed by atoms with Crippen molar-refractivity contribution >= 4 is 16.9 Å². The van der Waals surface area contributed by atoms with Crippen molar-refractivity contribution in [2.75, 3.05) is 6.54 Å². The highest BCUT2D eigenvalue weighted by Gasteiger charge is 2.17. The molecule has 0 saturated carbocycles. The molecule has 29 heavy (non-hydrogen) atoms. The summed E-state index contributed by atoms with van der Waals surface area (Å²) in [6.07, 6.45) is 2.22. The lowest BCUT2D eigenvalue weighted by Crippen LogP contribution is -2.26. The molecule has 0 aliphatic rings. The number of aromatic nitrogens is 4. The van der Waals surface area contributed by atoms with Crippen LogP contribution in [0.1, 0.15) is 33.0 Å². The molecule has 0 fully saturated rings. The molecule has 0 bridgehead atoms. The third-order valence-corrected chi connectivity index (χ3v) is 4.86. The quantitative estimate of drug-likeness (QED) is 0.564. The zero-order chi connectivity index (χ0) is 20.5. The zero-order valence-electron chi connectivity index (χ0n) is 17.0. The Morgan fingerprint density at radius 1 is 1.14 bits per heavy atom. The lowest BCUT2D eigenvalue weighted by molar-refractivity contribution is 0.0955. The molecule has 0 aliphatic heterocycles. The van der Waals surface area contributed by atoms with E-state index in [0.29, 0.717) is 30.1 Å². The number of oxazole rings is 1. The van der Waals surface area contributed by atoms with E-state index in [9.17, 15) is 4.79 Å². The van der Waals surface area contributed by atoms with Gasteiger partial charge in [-0.3, -0.25) is 9.48 Å². The van der Waals surface area contributed by atoms with Gasteiger partial charge in [-0.05, 0) is 39.0 Å². The van der Waals surface area contributed by atoms with E-state index in [1.165, 1.54) is 5.56 Å². The van der Waals surface area contributed by atoms with Crippen LogP contribution in [0.15, 0.2) is 41.0 Å². The van der Waals surface area contributed by atoms with Crippen LogP contribution in [0, 0.1) is 20.8 Å². The Hall–Kier alpha value is -3.48. The van der Waals surface area contributed by atoms with Crippen LogP contribution >= 0.6 is 0 Å². The first-order valence-corrected chi connectivity index (χ1v) is 9.53. The van der Waals surface area contributed by atoms with Crippen LogP contribution in [0.25, 0.3) is 22.5 Å². The van der Waals surface area contributed by atoms with E-state index in [0.717, 1.165) is 28.0 Å². The first-order valence-electron chi connectivity index (χ1n) is 9.53. The van der Waals surface area contributed by atoms with Gasteiger partial charge in [0.2, 0.25) is 5.89 Å². The van der Waals surface area contributed by atoms with Crippen molar-refractivity contribution in [1.29, 1.82) is 0 Å². The molecule has 3 aromatic heterocycles. The molecule has 1 aromatic carbocycles. The van der Waals surface area contributed by atoms with E-state index in [1.807, 2.05) is 52.1 Å². The van der Waals surface area contributed by atoms with Crippen molar-refractivity contribution in [1.82, 2.24) is 25.1 Å². The highest BCUT2D eigenvalue weighted by Crippen LogP contribution is 2.22. The maximum atomic E-state index is 12.8. The van der Waals surface area contributed by atoms with Crippen LogP contribution in [-0.4, -0.2) is 32.2 Å². The summed E-state index contributed by atoms with van der Waals surface area (Å²) in [7, 11) is 1.83. The Morgan fingerprint density at radius 3 is 2.66 bits per heavy atom. The normalized spacial score (nSPS) is 11.2. The minimum Gasteiger partial charge on any atom is -0.444 e. The van der Waals surface area contributed by atoms with Gasteiger partial charge in [-0.25, -0.2) is 9.97 Å². The highest BCUT2D eigenvalue weighted by atomic mass is 16.3. The number of hydrogen-bond acceptors (Lipinski definition) is 5. The molecule has 1 N–H and O–H groups in total. The second-order valence-electron chi connectivity index (χ2n) is 7.23. The van der Waals surface area contributed by atoms with Gasteiger partial charge >= 0.3 is 0 Å². The smallest absolute Gasteiger partial charge is 0.252 e. The fourth-order valence-electron chi connectivity index (χ4n) is 3.40. The summed E-state index contributed by atoms with van der Waals surface area (Å²) in [5.41, 5.74) is 5.81. The molecule has 0 unspecified atom stereocenters. The van der Waals surface area contributed by atoms with Crippen molar-refractivity contribution in [3.63, 3.8) is 0 Å². The summed E-state index contributed by atoms with van der Waals surface area (Å²) in [6.45, 7) is 6.26. The number of nitrogens with one attached hydrogen (secondary N) is 1. The Balaban J connectivity index is 1.45. The van der Waals surface area contributed by atoms with Crippen molar-refractivity contribution in [3.05, 3.63) is 64.8 Å². The minimum absolute atomic E-state index is 0.140. The molecule has 1 amide bonds. The molecular weight excluding hydrogens is 366 g/mol. The molecular formula is C22H23N5O2. The molecule has 4 aromatic rings. The summed E-state index contributed by atoms with van der Waals surface area (Å²) >= 11 is 0. The SMILES string of the molecule is Cc1ccc(-c2nc(CCNC(=O)c3cc(C)nc4c3c(C)nn4C)co2)cc1. The summed E-state index contributed by atoms with van der Waals surface area (Å²) in [4.78, 5) is 21.8. The number of carbonyl (C=O) groups is 1. The van der Waals surface area contributed by atoms with Gasteiger partial charge < -0.3 is 9.73 Å². The van der Waals surface area contributed by atoms with Gasteiger partial charge in [-0.15, -0.1) is 0 Å². The lowest BCUT2D eigenvalue weighted by atomic mass is 10.1. The van der Waals surface area contributed by atoms with Crippen molar-refractivity contribution in [3.8, 4) is 11.5 Å². The molecule has 0 atom stereocenters. The van der Waals surface area contributed by atoms with Crippen LogP contribution in [-0.2, 0) is 13.5 Å². The summed E-state index contributed by atoms with van der Waals surface area (Å²) in [5.74, 6) is 0.447. The first-order chi connectivity index (χ1) is 13.9. The van der Waals surface area contributed by atoms with E-state index < -0.39 is 0 Å². The average Bonchev–Trinajstić information content (AvgIpc) is 3.26. The predicted octanol–water partition coefficient (Wildman–Crippen LogP) is 3.52. The van der Waals surface area contributed by atoms with E-state index in [4.69, 9.17) is 4.42 Å². The highest BCUT2D eigenvalue weighted by molar-refractivity contribution is 6.06. The van der Waals surface area contributed by atoms with Crippen LogP contribution < -0.4 is 5.32 Å². The number of carbonyl (C=O) groups excluding carboxylic acids is 1. The monoisotopic (exact) mass is 389 g/mol. The molecule has 7 nitrogen and oxygen atoms in total. The summed E-state index contributed by atoms with van der Waals surface area (Å²) < 4.78 is 7.29. The molecule has 148 valence electrons. The molecule has 0 radical (unpaired) electrons. The average molecular weight is 389 g/mol. The Morgan fingerprint density at radius 2 is 1.90 bits per heavy atom. The molecule has 3 heterocycles. The van der Waals surface area contributed by atoms with Gasteiger partial charge in [-0.2, -0.15) is 5.10 Å². The third-order valence-electron chi connectivity index (χ3n) is 4.86. The van der Waals surface area contributed by atoms with Crippen LogP contribution in [0.5, 0.6) is 0 Å². The van der Waals surface area contributed by atoms with Crippen molar-refractivity contribution in [2.24, 2.45) is 7.05 Å². The van der Waals surface area contributed by atoms with E-state index in [-0.39, 0.29) is 5.91 Å². The van der Waals surface area contributed by atoms with E-state index in [1.54, 1.807) is 17.0 Å². The number of amides is 1. The second kappa shape index (κ2) is 7.50. The standard InChI is InChI=1S/C22H23N5O2/c1-13-5-7-16(8-6-13)22-25-17(12-29-22)9-10-23-21(28)18-11-14(2)24-20-19(18)15(3)26-27(20)4/h5-8,11-12H,9-10H2,1-4H3,(H,23,28). The largest absolute Gasteiger partial charge is 0.444 e. The Labute approximate surface area is 168 Å². The van der Waals surface area contributed by atoms with Gasteiger partial charge in [0.1, 0.15) is 6.26 Å². The fraction of sp³-hybridized carbons (Fsp3) is 0.273. The molecule has 4 rings (SSSR count). The third kappa shape index (κ3) is 3.76. The number of hydrogen-bond donors (Lipinski definition) is 1. The minimum atomic E-state index is -0.140. The number of rotatable bonds is 5. The maximum Gasteiger partial charge on any atom is 0.252 e. The topological polar surface area (TPSA) is 85.8 Å². The number of fused-ring (bicyclic) bond motifs is 1. The van der Waals surface area contributed by atoms with Gasteiger partial charge in [0, 0.05) is 31.3 Å². The van der Waals surface area contributed by atoms with Crippen LogP contribution in [0.2, 0.25) is 0 Å². The molecule has 0 saturated heterocycles. The summed E-state index contributed by atoms with van der Waals surface area (Å²) in [6, 6.07) is 9.83. The lowest BCUT2D eigenvalue weighted by Gasteiger charge is -2.07. The van der Waals surface area contributed by atoms with Gasteiger partial charge in [0.15, 0.2) is 5.65 Å². The van der Waals surface area contributed by atoms with Crippen molar-refractivity contribution < 1.29 is 9.21 Å².